The molecule has 1 N–H and O–H groups in total. The van der Waals surface area contributed by atoms with Crippen molar-refractivity contribution in [1.29, 1.82) is 0 Å². The number of aliphatic carboxylic acids is 1. The van der Waals surface area contributed by atoms with Gasteiger partial charge in [-0.3, -0.25) is 4.79 Å². The van der Waals surface area contributed by atoms with E-state index in [2.05, 4.69) is 42.5 Å². The molecule has 6 rings (SSSR count). The molecule has 0 radical (unpaired) electrons. The maximum absolute atomic E-state index is 10.7. The molecule has 2 nitrogen and oxygen atoms in total. The van der Waals surface area contributed by atoms with Gasteiger partial charge in [0, 0.05) is 6.42 Å². The molecule has 0 atom stereocenters. The molecule has 0 aliphatic heterocycles. The van der Waals surface area contributed by atoms with Gasteiger partial charge >= 0.3 is 5.97 Å². The zero-order chi connectivity index (χ0) is 16.1. The Morgan fingerprint density at radius 1 is 0.826 bits per heavy atom. The lowest BCUT2D eigenvalue weighted by molar-refractivity contribution is -0.137. The second-order valence-electron chi connectivity index (χ2n) is 6.52. The molecule has 120 valence electrons. The first kappa shape index (κ1) is 15.8. The van der Waals surface area contributed by atoms with Crippen molar-refractivity contribution >= 4 is 5.97 Å². The molecule has 4 aliphatic rings. The van der Waals surface area contributed by atoms with Crippen LogP contribution in [-0.2, 0) is 36.9 Å². The number of unbranched alkanes of at least 4 members (excludes halogenated alkanes) is 1. The Kier molecular flexibility index (Phi) is 5.12. The van der Waals surface area contributed by atoms with Gasteiger partial charge in [0.25, 0.3) is 0 Å². The first-order valence-electron chi connectivity index (χ1n) is 8.61. The van der Waals surface area contributed by atoms with Crippen LogP contribution < -0.4 is 0 Å². The third kappa shape index (κ3) is 4.44. The highest BCUT2D eigenvalue weighted by Gasteiger charge is 2.08. The molecular formula is C21H24O2. The Balaban J connectivity index is 1.75. The first-order valence-corrected chi connectivity index (χ1v) is 8.61. The van der Waals surface area contributed by atoms with Crippen molar-refractivity contribution in [3.63, 3.8) is 0 Å². The third-order valence-corrected chi connectivity index (χ3v) is 4.77. The summed E-state index contributed by atoms with van der Waals surface area (Å²) in [5.41, 5.74) is 7.04. The molecule has 23 heavy (non-hydrogen) atoms. The van der Waals surface area contributed by atoms with Crippen molar-refractivity contribution < 1.29 is 9.90 Å². The molecule has 2 aromatic carbocycles. The average Bonchev–Trinajstić information content (AvgIpc) is 2.54. The van der Waals surface area contributed by atoms with Crippen LogP contribution in [0.25, 0.3) is 0 Å². The van der Waals surface area contributed by atoms with Gasteiger partial charge in [-0.2, -0.15) is 0 Å². The molecule has 2 aromatic rings. The van der Waals surface area contributed by atoms with Crippen LogP contribution in [0.15, 0.2) is 42.5 Å². The molecule has 0 saturated heterocycles. The quantitative estimate of drug-likeness (QED) is 0.833. The number of hydrogen-bond acceptors (Lipinski definition) is 1. The minimum Gasteiger partial charge on any atom is -0.481 e. The molecule has 0 spiro atoms. The Morgan fingerprint density at radius 3 is 2.13 bits per heavy atom. The van der Waals surface area contributed by atoms with Crippen molar-refractivity contribution in [1.82, 2.24) is 0 Å². The van der Waals surface area contributed by atoms with Gasteiger partial charge in [0.05, 0.1) is 0 Å². The van der Waals surface area contributed by atoms with Crippen LogP contribution in [0.1, 0.15) is 47.1 Å². The van der Waals surface area contributed by atoms with Gasteiger partial charge in [0.1, 0.15) is 0 Å². The highest BCUT2D eigenvalue weighted by Crippen LogP contribution is 2.21. The highest BCUT2D eigenvalue weighted by atomic mass is 16.4. The summed E-state index contributed by atoms with van der Waals surface area (Å²) in [6.07, 6.45) is 7.28. The molecule has 4 aliphatic carbocycles. The van der Waals surface area contributed by atoms with E-state index in [1.54, 1.807) is 0 Å². The van der Waals surface area contributed by atoms with Gasteiger partial charge in [0.2, 0.25) is 0 Å². The lowest BCUT2D eigenvalue weighted by atomic mass is 9.91. The predicted molar refractivity (Wildman–Crippen MR) is 92.9 cm³/mol. The summed E-state index contributed by atoms with van der Waals surface area (Å²) in [5, 5.41) is 8.77. The van der Waals surface area contributed by atoms with Gasteiger partial charge in [-0.15, -0.1) is 0 Å². The largest absolute Gasteiger partial charge is 0.481 e. The molecule has 2 heteroatoms. The van der Waals surface area contributed by atoms with Crippen LogP contribution in [-0.4, -0.2) is 11.1 Å². The summed E-state index contributed by atoms with van der Waals surface area (Å²) in [6, 6.07) is 15.9. The summed E-state index contributed by atoms with van der Waals surface area (Å²) in [5.74, 6) is -0.691. The predicted octanol–water partition coefficient (Wildman–Crippen LogP) is 4.37. The summed E-state index contributed by atoms with van der Waals surface area (Å²) < 4.78 is 0. The van der Waals surface area contributed by atoms with Crippen LogP contribution in [0, 0.1) is 0 Å². The normalized spacial score (nSPS) is 13.6. The summed E-state index contributed by atoms with van der Waals surface area (Å²) in [7, 11) is 0. The summed E-state index contributed by atoms with van der Waals surface area (Å²) in [6.45, 7) is 0. The van der Waals surface area contributed by atoms with Crippen LogP contribution in [0.3, 0.4) is 0 Å². The van der Waals surface area contributed by atoms with E-state index < -0.39 is 5.97 Å². The van der Waals surface area contributed by atoms with Crippen molar-refractivity contribution in [2.24, 2.45) is 0 Å². The van der Waals surface area contributed by atoms with E-state index in [4.69, 9.17) is 5.11 Å². The number of rotatable bonds is 5. The second kappa shape index (κ2) is 7.45. The molecule has 0 amide bonds. The number of carboxylic acid groups (broad SMARTS) is 1. The zero-order valence-electron chi connectivity index (χ0n) is 13.6. The maximum atomic E-state index is 10.7. The smallest absolute Gasteiger partial charge is 0.303 e. The van der Waals surface area contributed by atoms with Gasteiger partial charge in [-0.25, -0.2) is 0 Å². The standard InChI is InChI=1S/C21H24O2/c22-21(23)4-2-1-3-20-15-18-10-9-16-5-7-17(8-6-16)11-13-19(20)14-12-18/h5-8,12,14-15H,1-4,9-11,13H2,(H,22,23). The number of benzene rings is 2. The van der Waals surface area contributed by atoms with E-state index in [-0.39, 0.29) is 6.42 Å². The molecule has 4 bridgehead atoms. The van der Waals surface area contributed by atoms with Crippen molar-refractivity contribution in [3.8, 4) is 0 Å². The molecule has 0 unspecified atom stereocenters. The van der Waals surface area contributed by atoms with Crippen molar-refractivity contribution in [2.45, 2.75) is 51.4 Å². The summed E-state index contributed by atoms with van der Waals surface area (Å²) in [4.78, 5) is 10.7. The van der Waals surface area contributed by atoms with Crippen molar-refractivity contribution in [3.05, 3.63) is 70.3 Å². The van der Waals surface area contributed by atoms with Crippen LogP contribution in [0.4, 0.5) is 0 Å². The van der Waals surface area contributed by atoms with E-state index in [1.165, 1.54) is 27.8 Å². The Hall–Kier alpha value is -2.09. The number of carbonyl (C=O) groups is 1. The van der Waals surface area contributed by atoms with Gasteiger partial charge in [0.15, 0.2) is 0 Å². The van der Waals surface area contributed by atoms with Crippen LogP contribution in [0.2, 0.25) is 0 Å². The van der Waals surface area contributed by atoms with E-state index in [1.807, 2.05) is 0 Å². The number of hydrogen-bond donors (Lipinski definition) is 1. The highest BCUT2D eigenvalue weighted by molar-refractivity contribution is 5.66. The molecular weight excluding hydrogens is 284 g/mol. The second-order valence-corrected chi connectivity index (χ2v) is 6.52. The SMILES string of the molecule is O=C(O)CCCCc1cc2ccc1CCc1ccc(cc1)CC2. The number of carboxylic acids is 1. The lowest BCUT2D eigenvalue weighted by Crippen LogP contribution is -2.03. The van der Waals surface area contributed by atoms with Gasteiger partial charge in [-0.05, 0) is 72.8 Å². The van der Waals surface area contributed by atoms with Crippen LogP contribution >= 0.6 is 0 Å². The zero-order valence-corrected chi connectivity index (χ0v) is 13.6. The minimum atomic E-state index is -0.691. The van der Waals surface area contributed by atoms with E-state index in [9.17, 15) is 4.79 Å². The first-order chi connectivity index (χ1) is 11.2. The Morgan fingerprint density at radius 2 is 1.43 bits per heavy atom. The number of aryl methyl sites for hydroxylation is 5. The lowest BCUT2D eigenvalue weighted by Gasteiger charge is -2.14. The van der Waals surface area contributed by atoms with Crippen molar-refractivity contribution in [2.75, 3.05) is 0 Å². The fourth-order valence-electron chi connectivity index (χ4n) is 3.34. The Labute approximate surface area is 138 Å². The average molecular weight is 308 g/mol. The molecule has 0 heterocycles. The monoisotopic (exact) mass is 308 g/mol. The minimum absolute atomic E-state index is 0.279. The molecule has 0 fully saturated rings. The topological polar surface area (TPSA) is 37.3 Å². The Bertz CT molecular complexity index is 671. The molecule has 0 saturated carbocycles. The summed E-state index contributed by atoms with van der Waals surface area (Å²) >= 11 is 0. The van der Waals surface area contributed by atoms with E-state index >= 15 is 0 Å². The fourth-order valence-corrected chi connectivity index (χ4v) is 3.34. The van der Waals surface area contributed by atoms with E-state index in [0.29, 0.717) is 0 Å². The maximum Gasteiger partial charge on any atom is 0.303 e. The van der Waals surface area contributed by atoms with Gasteiger partial charge in [-0.1, -0.05) is 42.5 Å². The molecule has 0 aromatic heterocycles. The van der Waals surface area contributed by atoms with Gasteiger partial charge < -0.3 is 5.11 Å². The fraction of sp³-hybridized carbons (Fsp3) is 0.381. The van der Waals surface area contributed by atoms with Crippen LogP contribution in [0.5, 0.6) is 0 Å². The third-order valence-electron chi connectivity index (χ3n) is 4.77. The van der Waals surface area contributed by atoms with E-state index in [0.717, 1.165) is 44.9 Å².